The van der Waals surface area contributed by atoms with Crippen LogP contribution in [0, 0.1) is 0 Å². The topological polar surface area (TPSA) is 58.3 Å². The summed E-state index contributed by atoms with van der Waals surface area (Å²) in [6.07, 6.45) is 2.40. The summed E-state index contributed by atoms with van der Waals surface area (Å²) in [5.74, 6) is 0. The van der Waals surface area contributed by atoms with Crippen molar-refractivity contribution in [2.24, 2.45) is 7.05 Å². The van der Waals surface area contributed by atoms with Gasteiger partial charge in [0.15, 0.2) is 0 Å². The van der Waals surface area contributed by atoms with Gasteiger partial charge in [0.25, 0.3) is 0 Å². The number of aliphatic hydroxyl groups excluding tert-OH is 2. The number of aliphatic hydroxyl groups is 2. The Bertz CT molecular complexity index is 209. The monoisotopic (exact) mass is 142 g/mol. The van der Waals surface area contributed by atoms with Crippen molar-refractivity contribution < 1.29 is 10.2 Å². The lowest BCUT2D eigenvalue weighted by atomic mass is 10.3. The van der Waals surface area contributed by atoms with E-state index >= 15 is 0 Å². The Morgan fingerprint density at radius 1 is 1.80 bits per heavy atom. The molecule has 0 amide bonds. The number of rotatable bonds is 2. The van der Waals surface area contributed by atoms with Crippen LogP contribution in [0.25, 0.3) is 0 Å². The van der Waals surface area contributed by atoms with Gasteiger partial charge in [0, 0.05) is 13.2 Å². The fourth-order valence-electron chi connectivity index (χ4n) is 0.699. The number of aromatic nitrogens is 2. The van der Waals surface area contributed by atoms with Crippen LogP contribution >= 0.6 is 0 Å². The first kappa shape index (κ1) is 7.24. The number of imidazole rings is 1. The molecule has 56 valence electrons. The molecule has 1 heterocycles. The Labute approximate surface area is 58.8 Å². The molecule has 0 radical (unpaired) electrons. The van der Waals surface area contributed by atoms with E-state index in [1.54, 1.807) is 24.1 Å². The molecule has 1 atom stereocenters. The first-order valence-corrected chi connectivity index (χ1v) is 3.01. The van der Waals surface area contributed by atoms with Gasteiger partial charge in [-0.15, -0.1) is 0 Å². The quantitative estimate of drug-likeness (QED) is 0.582. The van der Waals surface area contributed by atoms with E-state index in [0.29, 0.717) is 5.69 Å². The number of hydrogen-bond acceptors (Lipinski definition) is 3. The van der Waals surface area contributed by atoms with Crippen LogP contribution in [-0.4, -0.2) is 26.4 Å². The number of hydrogen-bond donors (Lipinski definition) is 2. The van der Waals surface area contributed by atoms with Crippen molar-refractivity contribution in [1.82, 2.24) is 9.55 Å². The molecular formula is C6H10N2O2. The molecule has 10 heavy (non-hydrogen) atoms. The average molecular weight is 142 g/mol. The zero-order chi connectivity index (χ0) is 7.56. The Morgan fingerprint density at radius 3 is 2.90 bits per heavy atom. The normalized spacial score (nSPS) is 13.5. The fraction of sp³-hybridized carbons (Fsp3) is 0.500. The van der Waals surface area contributed by atoms with E-state index in [1.165, 1.54) is 0 Å². The Hall–Kier alpha value is -0.870. The minimum absolute atomic E-state index is 0.281. The molecule has 0 aliphatic heterocycles. The average Bonchev–Trinajstić information content (AvgIpc) is 2.34. The van der Waals surface area contributed by atoms with Gasteiger partial charge < -0.3 is 14.8 Å². The third-order valence-electron chi connectivity index (χ3n) is 1.24. The summed E-state index contributed by atoms with van der Waals surface area (Å²) in [6, 6.07) is 0. The van der Waals surface area contributed by atoms with E-state index in [-0.39, 0.29) is 6.61 Å². The molecule has 4 heteroatoms. The van der Waals surface area contributed by atoms with Crippen LogP contribution < -0.4 is 0 Å². The molecule has 0 aliphatic carbocycles. The summed E-state index contributed by atoms with van der Waals surface area (Å²) < 4.78 is 1.72. The van der Waals surface area contributed by atoms with Crippen LogP contribution in [0.5, 0.6) is 0 Å². The van der Waals surface area contributed by atoms with E-state index in [4.69, 9.17) is 10.2 Å². The van der Waals surface area contributed by atoms with Crippen LogP contribution in [0.4, 0.5) is 0 Å². The van der Waals surface area contributed by atoms with Crippen molar-refractivity contribution in [2.75, 3.05) is 6.61 Å². The molecule has 0 saturated heterocycles. The van der Waals surface area contributed by atoms with Gasteiger partial charge >= 0.3 is 0 Å². The first-order chi connectivity index (χ1) is 4.74. The third kappa shape index (κ3) is 1.34. The van der Waals surface area contributed by atoms with Crippen molar-refractivity contribution in [3.63, 3.8) is 0 Å². The van der Waals surface area contributed by atoms with Crippen molar-refractivity contribution in [3.05, 3.63) is 18.2 Å². The maximum atomic E-state index is 9.02. The zero-order valence-corrected chi connectivity index (χ0v) is 5.73. The maximum absolute atomic E-state index is 9.02. The summed E-state index contributed by atoms with van der Waals surface area (Å²) in [5, 5.41) is 17.5. The Kier molecular flexibility index (Phi) is 2.03. The lowest BCUT2D eigenvalue weighted by molar-refractivity contribution is 0.0925. The van der Waals surface area contributed by atoms with Crippen molar-refractivity contribution in [3.8, 4) is 0 Å². The van der Waals surface area contributed by atoms with Gasteiger partial charge in [0.05, 0.1) is 18.6 Å². The highest BCUT2D eigenvalue weighted by Gasteiger charge is 2.06. The molecular weight excluding hydrogens is 132 g/mol. The second-order valence-electron chi connectivity index (χ2n) is 2.16. The summed E-state index contributed by atoms with van der Waals surface area (Å²) in [4.78, 5) is 3.84. The van der Waals surface area contributed by atoms with E-state index in [1.807, 2.05) is 0 Å². The van der Waals surface area contributed by atoms with Crippen LogP contribution in [-0.2, 0) is 7.05 Å². The lowest BCUT2D eigenvalue weighted by Gasteiger charge is -1.99. The van der Waals surface area contributed by atoms with Gasteiger partial charge in [-0.05, 0) is 0 Å². The minimum atomic E-state index is -0.846. The van der Waals surface area contributed by atoms with E-state index in [9.17, 15) is 0 Å². The van der Waals surface area contributed by atoms with Gasteiger partial charge in [-0.1, -0.05) is 0 Å². The molecule has 0 saturated carbocycles. The number of nitrogens with zero attached hydrogens (tertiary/aromatic N) is 2. The van der Waals surface area contributed by atoms with Crippen LogP contribution in [0.2, 0.25) is 0 Å². The highest BCUT2D eigenvalue weighted by atomic mass is 16.3. The molecule has 0 bridgehead atoms. The molecule has 0 spiro atoms. The molecule has 1 aromatic heterocycles. The predicted molar refractivity (Wildman–Crippen MR) is 35.3 cm³/mol. The molecule has 1 rings (SSSR count). The predicted octanol–water partition coefficient (Wildman–Crippen LogP) is -0.554. The Balaban J connectivity index is 2.74. The van der Waals surface area contributed by atoms with Crippen LogP contribution in [0.15, 0.2) is 12.5 Å². The minimum Gasteiger partial charge on any atom is -0.393 e. The summed E-state index contributed by atoms with van der Waals surface area (Å²) in [7, 11) is 1.81. The van der Waals surface area contributed by atoms with E-state index in [2.05, 4.69) is 4.98 Å². The first-order valence-electron chi connectivity index (χ1n) is 3.01. The highest BCUT2D eigenvalue weighted by molar-refractivity contribution is 4.99. The van der Waals surface area contributed by atoms with Gasteiger partial charge in [0.2, 0.25) is 0 Å². The highest BCUT2D eigenvalue weighted by Crippen LogP contribution is 2.06. The van der Waals surface area contributed by atoms with Gasteiger partial charge in [-0.2, -0.15) is 0 Å². The smallest absolute Gasteiger partial charge is 0.120 e. The van der Waals surface area contributed by atoms with Gasteiger partial charge in [0.1, 0.15) is 6.10 Å². The molecule has 0 fully saturated rings. The lowest BCUT2D eigenvalue weighted by Crippen LogP contribution is -2.02. The fourth-order valence-corrected chi connectivity index (χ4v) is 0.699. The van der Waals surface area contributed by atoms with Crippen molar-refractivity contribution in [1.29, 1.82) is 0 Å². The molecule has 2 N–H and O–H groups in total. The molecule has 1 aromatic rings. The molecule has 4 nitrogen and oxygen atoms in total. The third-order valence-corrected chi connectivity index (χ3v) is 1.24. The van der Waals surface area contributed by atoms with Gasteiger partial charge in [-0.3, -0.25) is 0 Å². The van der Waals surface area contributed by atoms with Gasteiger partial charge in [-0.25, -0.2) is 4.98 Å². The largest absolute Gasteiger partial charge is 0.393 e. The standard InChI is InChI=1S/C6H10N2O2/c1-8-2-5(7-4-8)6(10)3-9/h2,4,6,9-10H,3H2,1H3. The second kappa shape index (κ2) is 2.81. The maximum Gasteiger partial charge on any atom is 0.120 e. The zero-order valence-electron chi connectivity index (χ0n) is 5.73. The molecule has 1 unspecified atom stereocenters. The van der Waals surface area contributed by atoms with Crippen molar-refractivity contribution >= 4 is 0 Å². The van der Waals surface area contributed by atoms with Crippen molar-refractivity contribution in [2.45, 2.75) is 6.10 Å². The van der Waals surface area contributed by atoms with Crippen LogP contribution in [0.1, 0.15) is 11.8 Å². The molecule has 0 aromatic carbocycles. The second-order valence-corrected chi connectivity index (χ2v) is 2.16. The number of aryl methyl sites for hydroxylation is 1. The van der Waals surface area contributed by atoms with Crippen LogP contribution in [0.3, 0.4) is 0 Å². The van der Waals surface area contributed by atoms with E-state index < -0.39 is 6.10 Å². The Morgan fingerprint density at radius 2 is 2.50 bits per heavy atom. The van der Waals surface area contributed by atoms with E-state index in [0.717, 1.165) is 0 Å². The molecule has 0 aliphatic rings. The summed E-state index contributed by atoms with van der Waals surface area (Å²) >= 11 is 0. The summed E-state index contributed by atoms with van der Waals surface area (Å²) in [6.45, 7) is -0.281. The SMILES string of the molecule is Cn1cnc(C(O)CO)c1. The summed E-state index contributed by atoms with van der Waals surface area (Å²) in [5.41, 5.74) is 0.505.